The molecule has 5 heteroatoms. The van der Waals surface area contributed by atoms with Gasteiger partial charge in [-0.2, -0.15) is 0 Å². The predicted molar refractivity (Wildman–Crippen MR) is 86.5 cm³/mol. The molecule has 0 bridgehead atoms. The second-order valence-corrected chi connectivity index (χ2v) is 6.56. The van der Waals surface area contributed by atoms with Crippen molar-refractivity contribution in [2.24, 2.45) is 0 Å². The summed E-state index contributed by atoms with van der Waals surface area (Å²) in [5.74, 6) is -0.166. The molecular formula is C16H33N3O2. The van der Waals surface area contributed by atoms with Crippen molar-refractivity contribution in [3.8, 4) is 0 Å². The summed E-state index contributed by atoms with van der Waals surface area (Å²) in [6, 6.07) is 0.260. The van der Waals surface area contributed by atoms with Gasteiger partial charge in [0.1, 0.15) is 5.54 Å². The van der Waals surface area contributed by atoms with Gasteiger partial charge in [-0.15, -0.1) is 0 Å². The molecule has 0 aromatic heterocycles. The Morgan fingerprint density at radius 3 is 2.14 bits per heavy atom. The molecule has 0 spiro atoms. The summed E-state index contributed by atoms with van der Waals surface area (Å²) in [7, 11) is 1.46. The lowest BCUT2D eigenvalue weighted by molar-refractivity contribution is -0.148. The van der Waals surface area contributed by atoms with Crippen molar-refractivity contribution in [3.05, 3.63) is 0 Å². The van der Waals surface area contributed by atoms with Crippen LogP contribution in [0.5, 0.6) is 0 Å². The summed E-state index contributed by atoms with van der Waals surface area (Å²) in [5.41, 5.74) is -0.594. The zero-order valence-electron chi connectivity index (χ0n) is 14.4. The van der Waals surface area contributed by atoms with Crippen molar-refractivity contribution in [2.45, 2.75) is 52.1 Å². The first kappa shape index (κ1) is 18.4. The Bertz CT molecular complexity index is 315. The third kappa shape index (κ3) is 5.93. The Morgan fingerprint density at radius 2 is 1.71 bits per heavy atom. The zero-order chi connectivity index (χ0) is 15.9. The van der Waals surface area contributed by atoms with Crippen LogP contribution in [0.15, 0.2) is 0 Å². The number of carbonyl (C=O) groups is 1. The van der Waals surface area contributed by atoms with E-state index < -0.39 is 5.54 Å². The van der Waals surface area contributed by atoms with Gasteiger partial charge in [-0.3, -0.25) is 10.1 Å². The quantitative estimate of drug-likeness (QED) is 0.685. The van der Waals surface area contributed by atoms with Gasteiger partial charge in [-0.05, 0) is 40.2 Å². The van der Waals surface area contributed by atoms with E-state index >= 15 is 0 Å². The fourth-order valence-electron chi connectivity index (χ4n) is 3.03. The summed E-state index contributed by atoms with van der Waals surface area (Å²) in [5, 5.41) is 3.36. The van der Waals surface area contributed by atoms with E-state index in [-0.39, 0.29) is 12.0 Å². The van der Waals surface area contributed by atoms with Crippen LogP contribution in [0.3, 0.4) is 0 Å². The molecule has 5 nitrogen and oxygen atoms in total. The summed E-state index contributed by atoms with van der Waals surface area (Å²) < 4.78 is 4.98. The zero-order valence-corrected chi connectivity index (χ0v) is 14.4. The van der Waals surface area contributed by atoms with Crippen molar-refractivity contribution in [1.82, 2.24) is 15.1 Å². The highest BCUT2D eigenvalue weighted by atomic mass is 16.5. The van der Waals surface area contributed by atoms with Crippen LogP contribution in [0.4, 0.5) is 0 Å². The van der Waals surface area contributed by atoms with Crippen LogP contribution in [0, 0.1) is 0 Å². The molecule has 124 valence electrons. The predicted octanol–water partition coefficient (Wildman–Crippen LogP) is 1.33. The Morgan fingerprint density at radius 1 is 1.19 bits per heavy atom. The van der Waals surface area contributed by atoms with E-state index in [4.69, 9.17) is 4.74 Å². The van der Waals surface area contributed by atoms with Gasteiger partial charge in [-0.1, -0.05) is 6.92 Å². The van der Waals surface area contributed by atoms with E-state index in [9.17, 15) is 4.79 Å². The van der Waals surface area contributed by atoms with Crippen molar-refractivity contribution in [2.75, 3.05) is 46.4 Å². The maximum atomic E-state index is 12.1. The molecule has 0 aromatic carbocycles. The Kier molecular flexibility index (Phi) is 7.63. The number of esters is 1. The van der Waals surface area contributed by atoms with Crippen molar-refractivity contribution in [3.63, 3.8) is 0 Å². The monoisotopic (exact) mass is 299 g/mol. The molecule has 0 amide bonds. The molecule has 1 aliphatic heterocycles. The minimum Gasteiger partial charge on any atom is -0.468 e. The molecule has 1 rings (SSSR count). The van der Waals surface area contributed by atoms with Crippen LogP contribution in [-0.2, 0) is 9.53 Å². The average Bonchev–Trinajstić information content (AvgIpc) is 2.45. The highest BCUT2D eigenvalue weighted by Gasteiger charge is 2.35. The van der Waals surface area contributed by atoms with Gasteiger partial charge in [0.05, 0.1) is 7.11 Å². The first-order valence-corrected chi connectivity index (χ1v) is 8.22. The first-order chi connectivity index (χ1) is 9.91. The summed E-state index contributed by atoms with van der Waals surface area (Å²) in [6.07, 6.45) is 2.00. The molecule has 1 aliphatic rings. The number of hydrogen-bond donors (Lipinski definition) is 1. The lowest BCUT2D eigenvalue weighted by Gasteiger charge is -2.37. The van der Waals surface area contributed by atoms with Crippen molar-refractivity contribution in [1.29, 1.82) is 0 Å². The standard InChI is InChI=1S/C16H33N3O2/c1-6-8-18-10-12-19(13-11-18)9-7-16(4,15(20)21-5)17-14(2)3/h14,17H,6-13H2,1-5H3. The van der Waals surface area contributed by atoms with Crippen LogP contribution < -0.4 is 5.32 Å². The number of nitrogens with one attached hydrogen (secondary N) is 1. The third-order valence-corrected chi connectivity index (χ3v) is 4.18. The topological polar surface area (TPSA) is 44.8 Å². The van der Waals surface area contributed by atoms with E-state index in [2.05, 4.69) is 35.9 Å². The van der Waals surface area contributed by atoms with Gasteiger partial charge >= 0.3 is 5.97 Å². The number of ether oxygens (including phenoxy) is 1. The van der Waals surface area contributed by atoms with E-state index in [0.717, 1.165) is 39.1 Å². The molecule has 21 heavy (non-hydrogen) atoms. The number of carbonyl (C=O) groups excluding carboxylic acids is 1. The molecule has 1 fully saturated rings. The normalized spacial score (nSPS) is 20.5. The van der Waals surface area contributed by atoms with Crippen LogP contribution >= 0.6 is 0 Å². The SMILES string of the molecule is CCCN1CCN(CCC(C)(NC(C)C)C(=O)OC)CC1. The Balaban J connectivity index is 2.45. The maximum Gasteiger partial charge on any atom is 0.325 e. The van der Waals surface area contributed by atoms with Crippen molar-refractivity contribution < 1.29 is 9.53 Å². The second-order valence-electron chi connectivity index (χ2n) is 6.56. The minimum absolute atomic E-state index is 0.166. The smallest absolute Gasteiger partial charge is 0.325 e. The Labute approximate surface area is 130 Å². The van der Waals surface area contributed by atoms with E-state index in [1.165, 1.54) is 20.1 Å². The molecule has 1 N–H and O–H groups in total. The molecule has 1 saturated heterocycles. The Hall–Kier alpha value is -0.650. The minimum atomic E-state index is -0.594. The van der Waals surface area contributed by atoms with Gasteiger partial charge in [0.2, 0.25) is 0 Å². The summed E-state index contributed by atoms with van der Waals surface area (Å²) in [4.78, 5) is 17.0. The molecule has 1 unspecified atom stereocenters. The number of nitrogens with zero attached hydrogens (tertiary/aromatic N) is 2. The van der Waals surface area contributed by atoms with Crippen LogP contribution in [0.1, 0.15) is 40.5 Å². The van der Waals surface area contributed by atoms with Crippen LogP contribution in [0.25, 0.3) is 0 Å². The molecule has 1 atom stereocenters. The molecule has 0 radical (unpaired) electrons. The fourth-order valence-corrected chi connectivity index (χ4v) is 3.03. The number of methoxy groups -OCH3 is 1. The van der Waals surface area contributed by atoms with E-state index in [1.807, 2.05) is 6.92 Å². The molecule has 0 aromatic rings. The van der Waals surface area contributed by atoms with Gasteiger partial charge in [0.15, 0.2) is 0 Å². The molecule has 0 aliphatic carbocycles. The van der Waals surface area contributed by atoms with E-state index in [1.54, 1.807) is 0 Å². The van der Waals surface area contributed by atoms with Gasteiger partial charge < -0.3 is 14.5 Å². The molecular weight excluding hydrogens is 266 g/mol. The van der Waals surface area contributed by atoms with Gasteiger partial charge in [-0.25, -0.2) is 0 Å². The summed E-state index contributed by atoms with van der Waals surface area (Å²) >= 11 is 0. The summed E-state index contributed by atoms with van der Waals surface area (Å²) in [6.45, 7) is 14.9. The number of hydrogen-bond acceptors (Lipinski definition) is 5. The maximum absolute atomic E-state index is 12.1. The van der Waals surface area contributed by atoms with Crippen LogP contribution in [-0.4, -0.2) is 73.7 Å². The second kappa shape index (κ2) is 8.71. The third-order valence-electron chi connectivity index (χ3n) is 4.18. The highest BCUT2D eigenvalue weighted by molar-refractivity contribution is 5.80. The molecule has 0 saturated carbocycles. The first-order valence-electron chi connectivity index (χ1n) is 8.22. The van der Waals surface area contributed by atoms with Gasteiger partial charge in [0.25, 0.3) is 0 Å². The highest BCUT2D eigenvalue weighted by Crippen LogP contribution is 2.15. The largest absolute Gasteiger partial charge is 0.468 e. The average molecular weight is 299 g/mol. The fraction of sp³-hybridized carbons (Fsp3) is 0.938. The lowest BCUT2D eigenvalue weighted by Crippen LogP contribution is -2.55. The van der Waals surface area contributed by atoms with Crippen LogP contribution in [0.2, 0.25) is 0 Å². The van der Waals surface area contributed by atoms with E-state index in [0.29, 0.717) is 0 Å². The van der Waals surface area contributed by atoms with Gasteiger partial charge in [0, 0.05) is 38.8 Å². The van der Waals surface area contributed by atoms with Crippen molar-refractivity contribution >= 4 is 5.97 Å². The number of rotatable bonds is 8. The molecule has 1 heterocycles. The number of piperazine rings is 1. The lowest BCUT2D eigenvalue weighted by atomic mass is 9.96.